The van der Waals surface area contributed by atoms with Crippen LogP contribution in [0.2, 0.25) is 0 Å². The summed E-state index contributed by atoms with van der Waals surface area (Å²) in [6, 6.07) is 13.4. The highest BCUT2D eigenvalue weighted by molar-refractivity contribution is 9.10. The van der Waals surface area contributed by atoms with Crippen LogP contribution in [0.25, 0.3) is 10.9 Å². The van der Waals surface area contributed by atoms with Crippen LogP contribution in [-0.2, 0) is 13.5 Å². The van der Waals surface area contributed by atoms with Crippen LogP contribution < -0.4 is 10.9 Å². The van der Waals surface area contributed by atoms with E-state index in [0.717, 1.165) is 10.9 Å². The van der Waals surface area contributed by atoms with Crippen molar-refractivity contribution in [3.63, 3.8) is 0 Å². The third kappa shape index (κ3) is 3.64. The van der Waals surface area contributed by atoms with E-state index in [1.54, 1.807) is 19.2 Å². The van der Waals surface area contributed by atoms with Crippen molar-refractivity contribution in [2.75, 3.05) is 6.54 Å². The monoisotopic (exact) mass is 402 g/mol. The van der Waals surface area contributed by atoms with Gasteiger partial charge in [-0.1, -0.05) is 24.3 Å². The van der Waals surface area contributed by atoms with Gasteiger partial charge in [0.05, 0.1) is 15.6 Å². The maximum Gasteiger partial charge on any atom is 0.252 e. The molecule has 6 heteroatoms. The van der Waals surface area contributed by atoms with Crippen LogP contribution in [0, 0.1) is 5.82 Å². The molecule has 0 fully saturated rings. The predicted octanol–water partition coefficient (Wildman–Crippen LogP) is 3.41. The Morgan fingerprint density at radius 3 is 2.72 bits per heavy atom. The molecule has 0 spiro atoms. The molecule has 0 saturated carbocycles. The summed E-state index contributed by atoms with van der Waals surface area (Å²) >= 11 is 3.15. The van der Waals surface area contributed by atoms with Crippen LogP contribution in [0.4, 0.5) is 4.39 Å². The number of hydrogen-bond donors (Lipinski definition) is 1. The van der Waals surface area contributed by atoms with E-state index in [0.29, 0.717) is 28.5 Å². The number of rotatable bonds is 4. The fourth-order valence-electron chi connectivity index (χ4n) is 2.71. The Hall–Kier alpha value is -2.47. The van der Waals surface area contributed by atoms with E-state index in [4.69, 9.17) is 0 Å². The largest absolute Gasteiger partial charge is 0.352 e. The molecule has 0 aliphatic carbocycles. The molecule has 0 bridgehead atoms. The van der Waals surface area contributed by atoms with Crippen LogP contribution in [0.3, 0.4) is 0 Å². The summed E-state index contributed by atoms with van der Waals surface area (Å²) in [5.41, 5.74) is 1.75. The van der Waals surface area contributed by atoms with E-state index < -0.39 is 0 Å². The van der Waals surface area contributed by atoms with E-state index in [9.17, 15) is 14.0 Å². The first-order valence-electron chi connectivity index (χ1n) is 7.78. The number of nitrogens with zero attached hydrogens (tertiary/aromatic N) is 1. The van der Waals surface area contributed by atoms with E-state index in [-0.39, 0.29) is 17.3 Å². The average Bonchev–Trinajstić information content (AvgIpc) is 2.61. The van der Waals surface area contributed by atoms with Gasteiger partial charge in [-0.15, -0.1) is 0 Å². The summed E-state index contributed by atoms with van der Waals surface area (Å²) in [6.07, 6.45) is 0.563. The molecular formula is C19H16BrFN2O2. The van der Waals surface area contributed by atoms with Crippen molar-refractivity contribution in [2.24, 2.45) is 7.05 Å². The van der Waals surface area contributed by atoms with Crippen molar-refractivity contribution in [2.45, 2.75) is 6.42 Å². The summed E-state index contributed by atoms with van der Waals surface area (Å²) in [4.78, 5) is 24.6. The van der Waals surface area contributed by atoms with Gasteiger partial charge in [0.1, 0.15) is 5.82 Å². The first-order valence-corrected chi connectivity index (χ1v) is 8.57. The van der Waals surface area contributed by atoms with E-state index in [1.807, 2.05) is 24.3 Å². The average molecular weight is 403 g/mol. The molecule has 0 aliphatic rings. The molecule has 0 saturated heterocycles. The molecule has 1 amide bonds. The molecule has 0 radical (unpaired) electrons. The van der Waals surface area contributed by atoms with Crippen LogP contribution >= 0.6 is 15.9 Å². The highest BCUT2D eigenvalue weighted by Crippen LogP contribution is 2.18. The number of nitrogens with one attached hydrogen (secondary N) is 1. The number of pyridine rings is 1. The first-order chi connectivity index (χ1) is 12.0. The number of benzene rings is 2. The minimum Gasteiger partial charge on any atom is -0.352 e. The fourth-order valence-corrected chi connectivity index (χ4v) is 3.14. The molecule has 1 heterocycles. The smallest absolute Gasteiger partial charge is 0.252 e. The molecule has 1 N–H and O–H groups in total. The van der Waals surface area contributed by atoms with Gasteiger partial charge in [0, 0.05) is 25.0 Å². The van der Waals surface area contributed by atoms with Gasteiger partial charge in [-0.05, 0) is 46.1 Å². The van der Waals surface area contributed by atoms with Gasteiger partial charge < -0.3 is 9.88 Å². The molecule has 2 aromatic carbocycles. The van der Waals surface area contributed by atoms with Gasteiger partial charge in [-0.25, -0.2) is 4.39 Å². The maximum atomic E-state index is 13.2. The van der Waals surface area contributed by atoms with Crippen molar-refractivity contribution in [1.29, 1.82) is 0 Å². The number of amides is 1. The number of fused-ring (bicyclic) bond motifs is 1. The molecule has 3 rings (SSSR count). The molecular weight excluding hydrogens is 387 g/mol. The van der Waals surface area contributed by atoms with E-state index in [2.05, 4.69) is 21.2 Å². The standard InChI is InChI=1S/C19H16BrFN2O2/c1-23-17-5-3-2-4-13(17)14(11-18(23)24)19(25)22-9-8-12-6-7-16(21)15(20)10-12/h2-7,10-11H,8-9H2,1H3,(H,22,25). The lowest BCUT2D eigenvalue weighted by Gasteiger charge is -2.11. The number of hydrogen-bond acceptors (Lipinski definition) is 2. The van der Waals surface area contributed by atoms with Gasteiger partial charge >= 0.3 is 0 Å². The third-order valence-electron chi connectivity index (χ3n) is 4.08. The summed E-state index contributed by atoms with van der Waals surface area (Å²) < 4.78 is 15.2. The Morgan fingerprint density at radius 2 is 1.96 bits per heavy atom. The van der Waals surface area contributed by atoms with Crippen molar-refractivity contribution in [3.05, 3.63) is 80.3 Å². The summed E-state index contributed by atoms with van der Waals surface area (Å²) in [5.74, 6) is -0.616. The van der Waals surface area contributed by atoms with Gasteiger partial charge in [-0.3, -0.25) is 9.59 Å². The second-order valence-electron chi connectivity index (χ2n) is 5.73. The van der Waals surface area contributed by atoms with Crippen LogP contribution in [0.1, 0.15) is 15.9 Å². The van der Waals surface area contributed by atoms with Gasteiger partial charge in [-0.2, -0.15) is 0 Å². The SMILES string of the molecule is Cn1c(=O)cc(C(=O)NCCc2ccc(F)c(Br)c2)c2ccccc21. The number of aromatic nitrogens is 1. The van der Waals surface area contributed by atoms with Gasteiger partial charge in [0.25, 0.3) is 11.5 Å². The minimum atomic E-state index is -0.320. The second-order valence-corrected chi connectivity index (χ2v) is 6.58. The molecule has 0 unspecified atom stereocenters. The van der Waals surface area contributed by atoms with Crippen molar-refractivity contribution >= 4 is 32.7 Å². The zero-order valence-corrected chi connectivity index (χ0v) is 15.1. The Bertz CT molecular complexity index is 1010. The molecule has 4 nitrogen and oxygen atoms in total. The number of halogens is 2. The number of carbonyl (C=O) groups excluding carboxylic acids is 1. The van der Waals surface area contributed by atoms with Gasteiger partial charge in [0.15, 0.2) is 0 Å². The summed E-state index contributed by atoms with van der Waals surface area (Å²) in [5, 5.41) is 3.55. The van der Waals surface area contributed by atoms with Crippen LogP contribution in [0.5, 0.6) is 0 Å². The molecule has 128 valence electrons. The number of para-hydroxylation sites is 1. The third-order valence-corrected chi connectivity index (χ3v) is 4.69. The Morgan fingerprint density at radius 1 is 1.20 bits per heavy atom. The van der Waals surface area contributed by atoms with Crippen molar-refractivity contribution in [3.8, 4) is 0 Å². The molecule has 0 aliphatic heterocycles. The fraction of sp³-hybridized carbons (Fsp3) is 0.158. The number of aryl methyl sites for hydroxylation is 1. The lowest BCUT2D eigenvalue weighted by atomic mass is 10.1. The van der Waals surface area contributed by atoms with Crippen LogP contribution in [0.15, 0.2) is 57.8 Å². The number of carbonyl (C=O) groups is 1. The predicted molar refractivity (Wildman–Crippen MR) is 99.3 cm³/mol. The molecule has 0 atom stereocenters. The zero-order valence-electron chi connectivity index (χ0n) is 13.6. The highest BCUT2D eigenvalue weighted by atomic mass is 79.9. The Labute approximate surface area is 152 Å². The van der Waals surface area contributed by atoms with Crippen molar-refractivity contribution < 1.29 is 9.18 Å². The lowest BCUT2D eigenvalue weighted by Crippen LogP contribution is -2.28. The lowest BCUT2D eigenvalue weighted by molar-refractivity contribution is 0.0955. The minimum absolute atomic E-state index is 0.230. The second kappa shape index (κ2) is 7.19. The quantitative estimate of drug-likeness (QED) is 0.726. The molecule has 25 heavy (non-hydrogen) atoms. The highest BCUT2D eigenvalue weighted by Gasteiger charge is 2.13. The van der Waals surface area contributed by atoms with Gasteiger partial charge in [0.2, 0.25) is 0 Å². The van der Waals surface area contributed by atoms with Crippen molar-refractivity contribution in [1.82, 2.24) is 9.88 Å². The molecule has 3 aromatic rings. The summed E-state index contributed by atoms with van der Waals surface area (Å²) in [7, 11) is 1.68. The van der Waals surface area contributed by atoms with E-state index >= 15 is 0 Å². The molecule has 1 aromatic heterocycles. The first kappa shape index (κ1) is 17.4. The Balaban J connectivity index is 1.78. The Kier molecular flexibility index (Phi) is 4.99. The zero-order chi connectivity index (χ0) is 18.0. The normalized spacial score (nSPS) is 10.8. The maximum absolute atomic E-state index is 13.2. The van der Waals surface area contributed by atoms with E-state index in [1.165, 1.54) is 16.7 Å². The topological polar surface area (TPSA) is 51.1 Å². The summed E-state index contributed by atoms with van der Waals surface area (Å²) in [6.45, 7) is 0.389. The van der Waals surface area contributed by atoms with Crippen LogP contribution in [-0.4, -0.2) is 17.0 Å².